The van der Waals surface area contributed by atoms with Crippen LogP contribution in [0.15, 0.2) is 67.3 Å². The fourth-order valence-electron chi connectivity index (χ4n) is 4.31. The van der Waals surface area contributed by atoms with Crippen LogP contribution < -0.4 is 4.90 Å². The largest absolute Gasteiger partial charge is 0.363 e. The molecule has 2 aromatic rings. The van der Waals surface area contributed by atoms with Crippen LogP contribution in [0.1, 0.15) is 22.3 Å². The summed E-state index contributed by atoms with van der Waals surface area (Å²) < 4.78 is 0. The van der Waals surface area contributed by atoms with Gasteiger partial charge in [-0.25, -0.2) is 0 Å². The molecular formula is C22H24N2O. The molecule has 0 bridgehead atoms. The van der Waals surface area contributed by atoms with Gasteiger partial charge in [0.25, 0.3) is 0 Å². The highest BCUT2D eigenvalue weighted by molar-refractivity contribution is 6.05. The third-order valence-corrected chi connectivity index (χ3v) is 5.45. The molecule has 0 aliphatic carbocycles. The first kappa shape index (κ1) is 16.1. The van der Waals surface area contributed by atoms with Gasteiger partial charge in [-0.2, -0.15) is 0 Å². The first-order chi connectivity index (χ1) is 12.3. The second kappa shape index (κ2) is 6.85. The Labute approximate surface area is 149 Å². The average Bonchev–Trinajstić information content (AvgIpc) is 2.66. The highest BCUT2D eigenvalue weighted by Gasteiger charge is 2.42. The Morgan fingerprint density at radius 1 is 1.08 bits per heavy atom. The van der Waals surface area contributed by atoms with Gasteiger partial charge in [0.15, 0.2) is 5.78 Å². The number of benzene rings is 2. The molecule has 2 aliphatic rings. The number of piperidine rings is 1. The van der Waals surface area contributed by atoms with E-state index >= 15 is 0 Å². The summed E-state index contributed by atoms with van der Waals surface area (Å²) in [5, 5.41) is 0. The van der Waals surface area contributed by atoms with Gasteiger partial charge in [-0.05, 0) is 24.1 Å². The minimum absolute atomic E-state index is 0.0484. The van der Waals surface area contributed by atoms with Crippen molar-refractivity contribution in [3.63, 3.8) is 0 Å². The Bertz CT molecular complexity index is 771. The van der Waals surface area contributed by atoms with Crippen LogP contribution in [0.5, 0.6) is 0 Å². The number of hydrogen-bond donors (Lipinski definition) is 0. The summed E-state index contributed by atoms with van der Waals surface area (Å²) in [5.41, 5.74) is 3.25. The van der Waals surface area contributed by atoms with Gasteiger partial charge < -0.3 is 4.90 Å². The summed E-state index contributed by atoms with van der Waals surface area (Å²) in [7, 11) is 0. The van der Waals surface area contributed by atoms with Gasteiger partial charge in [-0.3, -0.25) is 9.69 Å². The van der Waals surface area contributed by atoms with Crippen LogP contribution >= 0.6 is 0 Å². The van der Waals surface area contributed by atoms with Crippen LogP contribution in [-0.4, -0.2) is 36.4 Å². The van der Waals surface area contributed by atoms with Crippen molar-refractivity contribution in [1.82, 2.24) is 4.90 Å². The van der Waals surface area contributed by atoms with Crippen LogP contribution in [0.25, 0.3) is 0 Å². The molecule has 4 rings (SSSR count). The predicted molar refractivity (Wildman–Crippen MR) is 102 cm³/mol. The first-order valence-electron chi connectivity index (χ1n) is 9.05. The molecule has 0 amide bonds. The number of Topliss-reactive ketones (excluding diaryl/α,β-unsaturated/α-hetero) is 1. The average molecular weight is 332 g/mol. The zero-order chi connectivity index (χ0) is 17.2. The number of para-hydroxylation sites is 1. The van der Waals surface area contributed by atoms with Crippen molar-refractivity contribution < 1.29 is 4.79 Å². The zero-order valence-electron chi connectivity index (χ0n) is 14.5. The Hall–Kier alpha value is -2.39. The van der Waals surface area contributed by atoms with Gasteiger partial charge in [0, 0.05) is 43.5 Å². The lowest BCUT2D eigenvalue weighted by Crippen LogP contribution is -2.56. The fraction of sp³-hybridized carbons (Fsp3) is 0.318. The highest BCUT2D eigenvalue weighted by atomic mass is 16.1. The lowest BCUT2D eigenvalue weighted by molar-refractivity contribution is 0.0749. The number of anilines is 1. The van der Waals surface area contributed by atoms with Gasteiger partial charge >= 0.3 is 0 Å². The third-order valence-electron chi connectivity index (χ3n) is 5.45. The Kier molecular flexibility index (Phi) is 4.41. The van der Waals surface area contributed by atoms with E-state index in [1.165, 1.54) is 5.56 Å². The number of nitrogens with zero attached hydrogens (tertiary/aromatic N) is 2. The number of carbonyl (C=O) groups excluding carboxylic acids is 1. The molecule has 128 valence electrons. The first-order valence-corrected chi connectivity index (χ1v) is 9.05. The maximum absolute atomic E-state index is 13.1. The van der Waals surface area contributed by atoms with Crippen molar-refractivity contribution in [3.8, 4) is 0 Å². The number of carbonyl (C=O) groups is 1. The molecule has 1 saturated heterocycles. The lowest BCUT2D eigenvalue weighted by atomic mass is 9.80. The molecule has 2 aromatic carbocycles. The van der Waals surface area contributed by atoms with Crippen LogP contribution in [0.4, 0.5) is 5.69 Å². The van der Waals surface area contributed by atoms with Crippen molar-refractivity contribution in [2.45, 2.75) is 19.0 Å². The summed E-state index contributed by atoms with van der Waals surface area (Å²) in [6.07, 6.45) is 2.96. The number of likely N-dealkylation sites (tertiary alicyclic amines) is 1. The molecule has 2 heterocycles. The standard InChI is InChI=1S/C22H24N2O/c1-2-13-24-20-11-7-6-10-18(20)22(25)19-16-23(14-12-21(19)24)15-17-8-4-3-5-9-17/h2-11,19,21H,1,12-16H2. The topological polar surface area (TPSA) is 23.6 Å². The van der Waals surface area contributed by atoms with Gasteiger partial charge in [-0.15, -0.1) is 6.58 Å². The molecular weight excluding hydrogens is 308 g/mol. The van der Waals surface area contributed by atoms with E-state index in [0.717, 1.165) is 43.9 Å². The van der Waals surface area contributed by atoms with Crippen molar-refractivity contribution >= 4 is 11.5 Å². The summed E-state index contributed by atoms with van der Waals surface area (Å²) in [4.78, 5) is 17.9. The van der Waals surface area contributed by atoms with Gasteiger partial charge in [0.1, 0.15) is 0 Å². The van der Waals surface area contributed by atoms with Gasteiger partial charge in [-0.1, -0.05) is 48.5 Å². The molecule has 0 aromatic heterocycles. The van der Waals surface area contributed by atoms with E-state index in [9.17, 15) is 4.79 Å². The van der Waals surface area contributed by atoms with E-state index in [2.05, 4.69) is 46.7 Å². The Morgan fingerprint density at radius 3 is 2.64 bits per heavy atom. The van der Waals surface area contributed by atoms with Crippen molar-refractivity contribution in [2.24, 2.45) is 5.92 Å². The van der Waals surface area contributed by atoms with E-state index in [4.69, 9.17) is 0 Å². The molecule has 0 spiro atoms. The number of hydrogen-bond acceptors (Lipinski definition) is 3. The summed E-state index contributed by atoms with van der Waals surface area (Å²) in [5.74, 6) is 0.353. The zero-order valence-corrected chi connectivity index (χ0v) is 14.5. The normalized spacial score (nSPS) is 23.0. The SMILES string of the molecule is C=CCN1c2ccccc2C(=O)C2CN(Cc3ccccc3)CCC21. The lowest BCUT2D eigenvalue weighted by Gasteiger charge is -2.47. The third kappa shape index (κ3) is 3.00. The Balaban J connectivity index is 1.59. The molecule has 0 N–H and O–H groups in total. The van der Waals surface area contributed by atoms with E-state index in [0.29, 0.717) is 5.78 Å². The van der Waals surface area contributed by atoms with E-state index < -0.39 is 0 Å². The monoisotopic (exact) mass is 332 g/mol. The van der Waals surface area contributed by atoms with Crippen LogP contribution in [0, 0.1) is 5.92 Å². The van der Waals surface area contributed by atoms with Crippen LogP contribution in [-0.2, 0) is 6.54 Å². The quantitative estimate of drug-likeness (QED) is 0.797. The summed E-state index contributed by atoms with van der Waals surface area (Å²) in [6, 6.07) is 18.8. The summed E-state index contributed by atoms with van der Waals surface area (Å²) in [6.45, 7) is 7.49. The van der Waals surface area contributed by atoms with Crippen LogP contribution in [0.3, 0.4) is 0 Å². The van der Waals surface area contributed by atoms with E-state index in [-0.39, 0.29) is 12.0 Å². The second-order valence-corrected chi connectivity index (χ2v) is 7.01. The van der Waals surface area contributed by atoms with Gasteiger partial charge in [0.05, 0.1) is 5.92 Å². The van der Waals surface area contributed by atoms with Crippen molar-refractivity contribution in [2.75, 3.05) is 24.5 Å². The molecule has 3 heteroatoms. The Morgan fingerprint density at radius 2 is 1.84 bits per heavy atom. The number of rotatable bonds is 4. The predicted octanol–water partition coefficient (Wildman–Crippen LogP) is 3.77. The second-order valence-electron chi connectivity index (χ2n) is 7.01. The number of ketones is 1. The van der Waals surface area contributed by atoms with E-state index in [1.54, 1.807) is 0 Å². The molecule has 2 atom stereocenters. The highest BCUT2D eigenvalue weighted by Crippen LogP contribution is 2.37. The van der Waals surface area contributed by atoms with E-state index in [1.807, 2.05) is 30.3 Å². The molecule has 0 saturated carbocycles. The molecule has 1 fully saturated rings. The summed E-state index contributed by atoms with van der Waals surface area (Å²) >= 11 is 0. The molecule has 25 heavy (non-hydrogen) atoms. The van der Waals surface area contributed by atoms with Crippen LogP contribution in [0.2, 0.25) is 0 Å². The molecule has 3 nitrogen and oxygen atoms in total. The number of fused-ring (bicyclic) bond motifs is 2. The molecule has 2 aliphatic heterocycles. The fourth-order valence-corrected chi connectivity index (χ4v) is 4.31. The molecule has 2 unspecified atom stereocenters. The minimum Gasteiger partial charge on any atom is -0.363 e. The maximum Gasteiger partial charge on any atom is 0.171 e. The minimum atomic E-state index is 0.0484. The van der Waals surface area contributed by atoms with Gasteiger partial charge in [0.2, 0.25) is 0 Å². The maximum atomic E-state index is 13.1. The smallest absolute Gasteiger partial charge is 0.171 e. The van der Waals surface area contributed by atoms with Crippen molar-refractivity contribution in [3.05, 3.63) is 78.4 Å². The van der Waals surface area contributed by atoms with Crippen molar-refractivity contribution in [1.29, 1.82) is 0 Å². The molecule has 0 radical (unpaired) electrons.